The minimum atomic E-state index is -0.394. The van der Waals surface area contributed by atoms with Crippen molar-refractivity contribution in [3.63, 3.8) is 0 Å². The number of alkyl carbamates (subject to hydrolysis) is 1. The Kier molecular flexibility index (Phi) is 4.76. The van der Waals surface area contributed by atoms with Crippen LogP contribution in [0.15, 0.2) is 61.2 Å². The van der Waals surface area contributed by atoms with E-state index < -0.39 is 6.09 Å². The Balaban J connectivity index is 1.44. The minimum Gasteiger partial charge on any atom is -0.449 e. The van der Waals surface area contributed by atoms with Crippen molar-refractivity contribution in [1.82, 2.24) is 5.32 Å². The summed E-state index contributed by atoms with van der Waals surface area (Å²) in [6.45, 7) is 4.82. The van der Waals surface area contributed by atoms with Crippen molar-refractivity contribution < 1.29 is 14.3 Å². The fourth-order valence-electron chi connectivity index (χ4n) is 3.98. The number of hydrogen-bond donors (Lipinski definition) is 1. The van der Waals surface area contributed by atoms with Crippen LogP contribution in [0.3, 0.4) is 0 Å². The maximum atomic E-state index is 12.3. The number of nitrogens with one attached hydrogen (secondary N) is 1. The van der Waals surface area contributed by atoms with Crippen LogP contribution in [0.25, 0.3) is 11.1 Å². The predicted molar refractivity (Wildman–Crippen MR) is 101 cm³/mol. The molecule has 0 radical (unpaired) electrons. The summed E-state index contributed by atoms with van der Waals surface area (Å²) in [6, 6.07) is 16.6. The maximum Gasteiger partial charge on any atom is 0.407 e. The lowest BCUT2D eigenvalue weighted by Crippen LogP contribution is -2.46. The highest BCUT2D eigenvalue weighted by molar-refractivity contribution is 5.79. The van der Waals surface area contributed by atoms with Gasteiger partial charge in [-0.25, -0.2) is 4.79 Å². The highest BCUT2D eigenvalue weighted by atomic mass is 16.5. The van der Waals surface area contributed by atoms with E-state index in [0.717, 1.165) is 12.8 Å². The molecule has 1 saturated heterocycles. The first-order valence-electron chi connectivity index (χ1n) is 9.13. The summed E-state index contributed by atoms with van der Waals surface area (Å²) in [7, 11) is 0. The first kappa shape index (κ1) is 16.9. The first-order valence-corrected chi connectivity index (χ1v) is 9.13. The van der Waals surface area contributed by atoms with Crippen molar-refractivity contribution in [2.24, 2.45) is 0 Å². The molecule has 1 amide bonds. The molecule has 4 rings (SSSR count). The van der Waals surface area contributed by atoms with Gasteiger partial charge in [-0.2, -0.15) is 0 Å². The van der Waals surface area contributed by atoms with E-state index in [1.54, 1.807) is 6.08 Å². The molecule has 2 aliphatic rings. The molecule has 1 N–H and O–H groups in total. The van der Waals surface area contributed by atoms with Crippen LogP contribution in [0.2, 0.25) is 0 Å². The Morgan fingerprint density at radius 3 is 2.46 bits per heavy atom. The number of carbonyl (C=O) groups excluding carboxylic acids is 1. The number of carbonyl (C=O) groups is 1. The van der Waals surface area contributed by atoms with Crippen molar-refractivity contribution in [3.8, 4) is 11.1 Å². The van der Waals surface area contributed by atoms with E-state index in [1.807, 2.05) is 24.3 Å². The van der Waals surface area contributed by atoms with E-state index >= 15 is 0 Å². The Morgan fingerprint density at radius 1 is 1.15 bits per heavy atom. The zero-order valence-electron chi connectivity index (χ0n) is 14.7. The maximum absolute atomic E-state index is 12.3. The largest absolute Gasteiger partial charge is 0.449 e. The van der Waals surface area contributed by atoms with E-state index in [9.17, 15) is 4.79 Å². The molecule has 4 heteroatoms. The molecule has 0 spiro atoms. The van der Waals surface area contributed by atoms with Gasteiger partial charge in [-0.15, -0.1) is 6.58 Å². The molecule has 26 heavy (non-hydrogen) atoms. The lowest BCUT2D eigenvalue weighted by atomic mass is 9.98. The van der Waals surface area contributed by atoms with E-state index in [2.05, 4.69) is 36.2 Å². The van der Waals surface area contributed by atoms with Crippen molar-refractivity contribution in [3.05, 3.63) is 72.3 Å². The fourth-order valence-corrected chi connectivity index (χ4v) is 3.98. The predicted octanol–water partition coefficient (Wildman–Crippen LogP) is 4.26. The van der Waals surface area contributed by atoms with Gasteiger partial charge in [0.2, 0.25) is 0 Å². The lowest BCUT2D eigenvalue weighted by Gasteiger charge is -2.30. The lowest BCUT2D eigenvalue weighted by molar-refractivity contribution is 0.0194. The van der Waals surface area contributed by atoms with Crippen LogP contribution in [0.4, 0.5) is 4.79 Å². The molecule has 134 valence electrons. The van der Waals surface area contributed by atoms with Gasteiger partial charge < -0.3 is 14.8 Å². The zero-order valence-corrected chi connectivity index (χ0v) is 14.7. The van der Waals surface area contributed by atoms with Crippen LogP contribution in [-0.2, 0) is 9.47 Å². The Labute approximate surface area is 153 Å². The van der Waals surface area contributed by atoms with E-state index in [0.29, 0.717) is 13.2 Å². The van der Waals surface area contributed by atoms with Crippen molar-refractivity contribution in [2.75, 3.05) is 13.2 Å². The molecule has 2 aromatic carbocycles. The monoisotopic (exact) mass is 349 g/mol. The molecule has 1 fully saturated rings. The Morgan fingerprint density at radius 2 is 1.81 bits per heavy atom. The number of ether oxygens (including phenoxy) is 2. The molecule has 0 aromatic heterocycles. The summed E-state index contributed by atoms with van der Waals surface area (Å²) in [5, 5.41) is 2.93. The number of benzene rings is 2. The van der Waals surface area contributed by atoms with Crippen LogP contribution >= 0.6 is 0 Å². The molecule has 2 atom stereocenters. The zero-order chi connectivity index (χ0) is 17.9. The van der Waals surface area contributed by atoms with Crippen LogP contribution in [0, 0.1) is 0 Å². The molecule has 0 unspecified atom stereocenters. The molecule has 1 heterocycles. The smallest absolute Gasteiger partial charge is 0.407 e. The molecule has 1 aliphatic carbocycles. The van der Waals surface area contributed by atoms with Gasteiger partial charge in [-0.1, -0.05) is 54.6 Å². The van der Waals surface area contributed by atoms with Crippen LogP contribution in [0.1, 0.15) is 29.9 Å². The van der Waals surface area contributed by atoms with Crippen molar-refractivity contribution in [1.29, 1.82) is 0 Å². The summed E-state index contributed by atoms with van der Waals surface area (Å²) >= 11 is 0. The van der Waals surface area contributed by atoms with Gasteiger partial charge in [0.05, 0.1) is 12.1 Å². The topological polar surface area (TPSA) is 47.6 Å². The normalized spacial score (nSPS) is 21.5. The molecule has 4 nitrogen and oxygen atoms in total. The Hall–Kier alpha value is -2.59. The third-order valence-electron chi connectivity index (χ3n) is 5.25. The van der Waals surface area contributed by atoms with Crippen molar-refractivity contribution >= 4 is 6.09 Å². The molecule has 2 aromatic rings. The quantitative estimate of drug-likeness (QED) is 0.839. The fraction of sp³-hybridized carbons (Fsp3) is 0.318. The second kappa shape index (κ2) is 7.34. The van der Waals surface area contributed by atoms with Gasteiger partial charge in [-0.05, 0) is 35.1 Å². The number of fused-ring (bicyclic) bond motifs is 3. The molecular formula is C22H23NO3. The van der Waals surface area contributed by atoms with Crippen LogP contribution in [-0.4, -0.2) is 31.5 Å². The highest BCUT2D eigenvalue weighted by Gasteiger charge is 2.30. The summed E-state index contributed by atoms with van der Waals surface area (Å²) in [5.41, 5.74) is 4.88. The SMILES string of the molecule is C=C[C@@H]1OCCC[C@H]1NC(=O)OCC1c2ccccc2-c2ccccc21. The minimum absolute atomic E-state index is 0.0723. The molecular weight excluding hydrogens is 326 g/mol. The second-order valence-electron chi connectivity index (χ2n) is 6.79. The van der Waals surface area contributed by atoms with Crippen LogP contribution in [0.5, 0.6) is 0 Å². The third-order valence-corrected chi connectivity index (χ3v) is 5.25. The average Bonchev–Trinajstić information content (AvgIpc) is 3.01. The Bertz CT molecular complexity index is 771. The van der Waals surface area contributed by atoms with Gasteiger partial charge in [-0.3, -0.25) is 0 Å². The number of amides is 1. The average molecular weight is 349 g/mol. The highest BCUT2D eigenvalue weighted by Crippen LogP contribution is 2.44. The third kappa shape index (κ3) is 3.13. The first-order chi connectivity index (χ1) is 12.8. The van der Waals surface area contributed by atoms with Crippen LogP contribution < -0.4 is 5.32 Å². The summed E-state index contributed by atoms with van der Waals surface area (Å²) in [4.78, 5) is 12.3. The summed E-state index contributed by atoms with van der Waals surface area (Å²) in [5.74, 6) is 0.0750. The van der Waals surface area contributed by atoms with E-state index in [1.165, 1.54) is 22.3 Å². The number of hydrogen-bond acceptors (Lipinski definition) is 3. The summed E-state index contributed by atoms with van der Waals surface area (Å²) in [6.07, 6.45) is 3.01. The van der Waals surface area contributed by atoms with Gasteiger partial charge >= 0.3 is 6.09 Å². The van der Waals surface area contributed by atoms with Crippen molar-refractivity contribution in [2.45, 2.75) is 30.9 Å². The molecule has 1 aliphatic heterocycles. The van der Waals surface area contributed by atoms with Gasteiger partial charge in [0.25, 0.3) is 0 Å². The van der Waals surface area contributed by atoms with Gasteiger partial charge in [0.1, 0.15) is 6.61 Å². The molecule has 0 bridgehead atoms. The van der Waals surface area contributed by atoms with Gasteiger partial charge in [0, 0.05) is 12.5 Å². The number of rotatable bonds is 4. The van der Waals surface area contributed by atoms with E-state index in [-0.39, 0.29) is 18.1 Å². The second-order valence-corrected chi connectivity index (χ2v) is 6.79. The molecule has 0 saturated carbocycles. The van der Waals surface area contributed by atoms with Gasteiger partial charge in [0.15, 0.2) is 0 Å². The standard InChI is InChI=1S/C22H23NO3/c1-2-21-20(12-7-13-25-21)23-22(24)26-14-19-17-10-5-3-8-15(17)16-9-4-6-11-18(16)19/h2-6,8-11,19-21H,1,7,12-14H2,(H,23,24)/t20-,21+/m1/s1. The van der Waals surface area contributed by atoms with E-state index in [4.69, 9.17) is 9.47 Å². The summed E-state index contributed by atoms with van der Waals surface area (Å²) < 4.78 is 11.2.